The van der Waals surface area contributed by atoms with Crippen molar-refractivity contribution in [2.75, 3.05) is 6.61 Å². The number of amides is 1. The van der Waals surface area contributed by atoms with Gasteiger partial charge in [0, 0.05) is 12.1 Å². The summed E-state index contributed by atoms with van der Waals surface area (Å²) in [6, 6.07) is 2.10. The normalized spacial score (nSPS) is 10.1. The van der Waals surface area contributed by atoms with E-state index in [2.05, 4.69) is 10.3 Å². The fourth-order valence-corrected chi connectivity index (χ4v) is 1.45. The maximum atomic E-state index is 11.5. The summed E-state index contributed by atoms with van der Waals surface area (Å²) < 4.78 is 0. The van der Waals surface area contributed by atoms with E-state index in [0.717, 1.165) is 12.1 Å². The van der Waals surface area contributed by atoms with Crippen molar-refractivity contribution in [3.8, 4) is 0 Å². The van der Waals surface area contributed by atoms with Crippen LogP contribution in [-0.2, 0) is 4.84 Å². The average Bonchev–Trinajstić information content (AvgIpc) is 2.29. The molecule has 1 aromatic carbocycles. The van der Waals surface area contributed by atoms with Crippen molar-refractivity contribution in [3.63, 3.8) is 0 Å². The molecule has 0 atom stereocenters. The number of benzene rings is 1. The van der Waals surface area contributed by atoms with Crippen LogP contribution < -0.4 is 5.48 Å². The molecule has 0 heterocycles. The molecule has 1 N–H and O–H groups in total. The van der Waals surface area contributed by atoms with E-state index in [9.17, 15) is 14.9 Å². The lowest BCUT2D eigenvalue weighted by Gasteiger charge is -2.06. The van der Waals surface area contributed by atoms with Gasteiger partial charge in [0.1, 0.15) is 0 Å². The number of carbonyl (C=O) groups excluding carboxylic acids is 1. The lowest BCUT2D eigenvalue weighted by Crippen LogP contribution is -2.24. The number of hydrogen-bond donors (Lipinski definition) is 1. The maximum Gasteiger partial charge on any atom is 0.276 e. The minimum absolute atomic E-state index is 0.0607. The Balaban J connectivity index is 3.13. The van der Waals surface area contributed by atoms with E-state index in [1.54, 1.807) is 6.92 Å². The van der Waals surface area contributed by atoms with Crippen molar-refractivity contribution in [1.29, 1.82) is 0 Å². The fourth-order valence-electron chi connectivity index (χ4n) is 1.04. The van der Waals surface area contributed by atoms with E-state index in [1.165, 1.54) is 0 Å². The van der Waals surface area contributed by atoms with Crippen LogP contribution in [0.5, 0.6) is 0 Å². The molecular weight excluding hydrogens is 271 g/mol. The molecule has 0 saturated heterocycles. The summed E-state index contributed by atoms with van der Waals surface area (Å²) in [5.41, 5.74) is 1.65. The van der Waals surface area contributed by atoms with Gasteiger partial charge in [-0.15, -0.1) is 0 Å². The molecule has 92 valence electrons. The number of nitro benzene ring substituents is 1. The van der Waals surface area contributed by atoms with Gasteiger partial charge in [0.25, 0.3) is 11.6 Å². The van der Waals surface area contributed by atoms with Gasteiger partial charge in [-0.3, -0.25) is 19.7 Å². The SMILES string of the molecule is CCONC(=O)c1cc([N+](=O)[O-])cc(Cl)c1Cl. The van der Waals surface area contributed by atoms with Gasteiger partial charge >= 0.3 is 0 Å². The summed E-state index contributed by atoms with van der Waals surface area (Å²) in [6.07, 6.45) is 0. The Labute approximate surface area is 107 Å². The average molecular weight is 279 g/mol. The Morgan fingerprint density at radius 1 is 1.53 bits per heavy atom. The lowest BCUT2D eigenvalue weighted by molar-refractivity contribution is -0.384. The minimum atomic E-state index is -0.692. The van der Waals surface area contributed by atoms with Gasteiger partial charge in [0.15, 0.2) is 0 Å². The van der Waals surface area contributed by atoms with E-state index >= 15 is 0 Å². The summed E-state index contributed by atoms with van der Waals surface area (Å²) in [5.74, 6) is -0.692. The molecule has 0 radical (unpaired) electrons. The Bertz CT molecular complexity index is 465. The Hall–Kier alpha value is -1.37. The quantitative estimate of drug-likeness (QED) is 0.678. The minimum Gasteiger partial charge on any atom is -0.274 e. The van der Waals surface area contributed by atoms with Crippen molar-refractivity contribution in [1.82, 2.24) is 5.48 Å². The zero-order valence-corrected chi connectivity index (χ0v) is 10.2. The number of halogens is 2. The standard InChI is InChI=1S/C9H8Cl2N2O4/c1-2-17-12-9(14)6-3-5(13(15)16)4-7(10)8(6)11/h3-4H,2H2,1H3,(H,12,14). The number of carbonyl (C=O) groups is 1. The predicted molar refractivity (Wildman–Crippen MR) is 62.2 cm³/mol. The van der Waals surface area contributed by atoms with E-state index < -0.39 is 10.8 Å². The predicted octanol–water partition coefficient (Wildman–Crippen LogP) is 2.58. The molecule has 0 spiro atoms. The lowest BCUT2D eigenvalue weighted by atomic mass is 10.2. The van der Waals surface area contributed by atoms with Crippen molar-refractivity contribution in [2.45, 2.75) is 6.92 Å². The van der Waals surface area contributed by atoms with Gasteiger partial charge < -0.3 is 0 Å². The molecule has 0 aromatic heterocycles. The second-order valence-electron chi connectivity index (χ2n) is 2.91. The second-order valence-corrected chi connectivity index (χ2v) is 3.70. The van der Waals surface area contributed by atoms with Crippen molar-refractivity contribution < 1.29 is 14.6 Å². The first kappa shape index (κ1) is 13.7. The molecule has 0 aliphatic rings. The van der Waals surface area contributed by atoms with Crippen LogP contribution in [0.15, 0.2) is 12.1 Å². The van der Waals surface area contributed by atoms with E-state index in [-0.39, 0.29) is 27.9 Å². The number of non-ortho nitro benzene ring substituents is 1. The van der Waals surface area contributed by atoms with E-state index in [0.29, 0.717) is 0 Å². The van der Waals surface area contributed by atoms with Crippen LogP contribution in [0, 0.1) is 10.1 Å². The maximum absolute atomic E-state index is 11.5. The summed E-state index contributed by atoms with van der Waals surface area (Å²) in [5, 5.41) is 10.5. The highest BCUT2D eigenvalue weighted by Gasteiger charge is 2.19. The van der Waals surface area contributed by atoms with Crippen LogP contribution >= 0.6 is 23.2 Å². The molecule has 1 aromatic rings. The number of nitrogens with zero attached hydrogens (tertiary/aromatic N) is 1. The summed E-state index contributed by atoms with van der Waals surface area (Å²) in [4.78, 5) is 26.2. The number of rotatable bonds is 4. The fraction of sp³-hybridized carbons (Fsp3) is 0.222. The van der Waals surface area contributed by atoms with Crippen molar-refractivity contribution in [3.05, 3.63) is 37.9 Å². The molecule has 6 nitrogen and oxygen atoms in total. The van der Waals surface area contributed by atoms with Gasteiger partial charge in [0.2, 0.25) is 0 Å². The zero-order chi connectivity index (χ0) is 13.0. The van der Waals surface area contributed by atoms with Gasteiger partial charge in [-0.25, -0.2) is 5.48 Å². The smallest absolute Gasteiger partial charge is 0.274 e. The van der Waals surface area contributed by atoms with Gasteiger partial charge in [-0.1, -0.05) is 23.2 Å². The molecule has 0 aliphatic heterocycles. The molecule has 8 heteroatoms. The van der Waals surface area contributed by atoms with E-state index in [1.807, 2.05) is 0 Å². The third kappa shape index (κ3) is 3.29. The van der Waals surface area contributed by atoms with Gasteiger partial charge in [-0.2, -0.15) is 0 Å². The molecule has 0 aliphatic carbocycles. The Morgan fingerprint density at radius 3 is 2.71 bits per heavy atom. The van der Waals surface area contributed by atoms with Crippen molar-refractivity contribution >= 4 is 34.8 Å². The first-order chi connectivity index (χ1) is 7.97. The molecule has 17 heavy (non-hydrogen) atoms. The highest BCUT2D eigenvalue weighted by Crippen LogP contribution is 2.30. The largest absolute Gasteiger partial charge is 0.276 e. The summed E-state index contributed by atoms with van der Waals surface area (Å²) in [6.45, 7) is 1.92. The van der Waals surface area contributed by atoms with Crippen molar-refractivity contribution in [2.24, 2.45) is 0 Å². The Morgan fingerprint density at radius 2 is 2.18 bits per heavy atom. The third-order valence-electron chi connectivity index (χ3n) is 1.78. The highest BCUT2D eigenvalue weighted by atomic mass is 35.5. The zero-order valence-electron chi connectivity index (χ0n) is 8.70. The molecule has 0 unspecified atom stereocenters. The van der Waals surface area contributed by atoms with Crippen LogP contribution in [0.1, 0.15) is 17.3 Å². The highest BCUT2D eigenvalue weighted by molar-refractivity contribution is 6.44. The van der Waals surface area contributed by atoms with Crippen LogP contribution in [0.2, 0.25) is 10.0 Å². The number of hydroxylamine groups is 1. The van der Waals surface area contributed by atoms with E-state index in [4.69, 9.17) is 23.2 Å². The third-order valence-corrected chi connectivity index (χ3v) is 2.58. The van der Waals surface area contributed by atoms with Gasteiger partial charge in [-0.05, 0) is 6.92 Å². The van der Waals surface area contributed by atoms with Crippen LogP contribution in [0.3, 0.4) is 0 Å². The monoisotopic (exact) mass is 278 g/mol. The van der Waals surface area contributed by atoms with Crippen LogP contribution in [0.4, 0.5) is 5.69 Å². The molecule has 0 bridgehead atoms. The van der Waals surface area contributed by atoms with Gasteiger partial charge in [0.05, 0.1) is 27.1 Å². The number of nitrogens with one attached hydrogen (secondary N) is 1. The molecule has 0 fully saturated rings. The molecule has 0 saturated carbocycles. The first-order valence-electron chi connectivity index (χ1n) is 4.53. The van der Waals surface area contributed by atoms with Crippen LogP contribution in [0.25, 0.3) is 0 Å². The molecular formula is C9H8Cl2N2O4. The topological polar surface area (TPSA) is 81.5 Å². The molecule has 1 amide bonds. The number of nitro groups is 1. The first-order valence-corrected chi connectivity index (χ1v) is 5.28. The van der Waals surface area contributed by atoms with Crippen LogP contribution in [-0.4, -0.2) is 17.4 Å². The Kier molecular flexibility index (Phi) is 4.68. The molecule has 1 rings (SSSR count). The summed E-state index contributed by atoms with van der Waals surface area (Å²) in [7, 11) is 0. The second kappa shape index (κ2) is 5.81. The number of hydrogen-bond acceptors (Lipinski definition) is 4. The summed E-state index contributed by atoms with van der Waals surface area (Å²) >= 11 is 11.5.